The van der Waals surface area contributed by atoms with Gasteiger partial charge in [-0.2, -0.15) is 0 Å². The van der Waals surface area contributed by atoms with Gasteiger partial charge in [0.1, 0.15) is 5.57 Å². The van der Waals surface area contributed by atoms with E-state index in [1.165, 1.54) is 4.90 Å². The van der Waals surface area contributed by atoms with Gasteiger partial charge in [-0.1, -0.05) is 24.3 Å². The predicted molar refractivity (Wildman–Crippen MR) is 93.5 cm³/mol. The summed E-state index contributed by atoms with van der Waals surface area (Å²) in [6, 6.07) is 7.81. The van der Waals surface area contributed by atoms with Crippen LogP contribution in [0.3, 0.4) is 0 Å². The van der Waals surface area contributed by atoms with Crippen molar-refractivity contribution in [2.45, 2.75) is 0 Å². The van der Waals surface area contributed by atoms with E-state index < -0.39 is 11.8 Å². The third-order valence-corrected chi connectivity index (χ3v) is 4.05. The first-order valence-corrected chi connectivity index (χ1v) is 7.47. The van der Waals surface area contributed by atoms with E-state index >= 15 is 0 Å². The number of nitrogens with zero attached hydrogens (tertiary/aromatic N) is 2. The number of thiocarbonyl (C=S) groups is 1. The number of aryl methyl sites for hydroxylation is 1. The van der Waals surface area contributed by atoms with Gasteiger partial charge in [-0.3, -0.25) is 19.8 Å². The second-order valence-corrected chi connectivity index (χ2v) is 5.62. The number of nitrogens with one attached hydrogen (secondary N) is 1. The van der Waals surface area contributed by atoms with Crippen molar-refractivity contribution >= 4 is 46.1 Å². The lowest BCUT2D eigenvalue weighted by Crippen LogP contribution is -2.53. The number of rotatable bonds is 3. The van der Waals surface area contributed by atoms with Crippen LogP contribution in [-0.4, -0.2) is 32.9 Å². The summed E-state index contributed by atoms with van der Waals surface area (Å²) in [7, 11) is 1.92. The molecule has 0 saturated carbocycles. The molecule has 1 saturated heterocycles. The molecule has 1 aromatic heterocycles. The van der Waals surface area contributed by atoms with E-state index in [0.717, 1.165) is 16.5 Å². The molecular weight excluding hydrogens is 310 g/mol. The van der Waals surface area contributed by atoms with Crippen LogP contribution in [0.15, 0.2) is 48.7 Å². The van der Waals surface area contributed by atoms with E-state index in [2.05, 4.69) is 11.9 Å². The van der Waals surface area contributed by atoms with Crippen LogP contribution in [0.1, 0.15) is 5.56 Å². The number of amides is 2. The third kappa shape index (κ3) is 2.57. The monoisotopic (exact) mass is 325 g/mol. The van der Waals surface area contributed by atoms with Gasteiger partial charge in [-0.25, -0.2) is 0 Å². The van der Waals surface area contributed by atoms with Crippen LogP contribution in [0.2, 0.25) is 0 Å². The topological polar surface area (TPSA) is 54.3 Å². The Morgan fingerprint density at radius 3 is 2.78 bits per heavy atom. The summed E-state index contributed by atoms with van der Waals surface area (Å²) in [6.07, 6.45) is 5.07. The summed E-state index contributed by atoms with van der Waals surface area (Å²) in [5, 5.41) is 3.63. The molecule has 2 aromatic rings. The molecule has 0 unspecified atom stereocenters. The molecule has 1 aliphatic heterocycles. The molecule has 2 amide bonds. The number of hydrogen-bond donors (Lipinski definition) is 1. The van der Waals surface area contributed by atoms with Crippen molar-refractivity contribution in [1.29, 1.82) is 0 Å². The Balaban J connectivity index is 2.09. The second kappa shape index (κ2) is 5.81. The van der Waals surface area contributed by atoms with Crippen LogP contribution in [0, 0.1) is 0 Å². The maximum atomic E-state index is 12.5. The molecule has 0 spiro atoms. The maximum Gasteiger partial charge on any atom is 0.265 e. The van der Waals surface area contributed by atoms with Crippen LogP contribution in [-0.2, 0) is 16.6 Å². The van der Waals surface area contributed by atoms with Crippen LogP contribution in [0.5, 0.6) is 0 Å². The van der Waals surface area contributed by atoms with Gasteiger partial charge in [-0.05, 0) is 24.4 Å². The molecule has 1 N–H and O–H groups in total. The molecule has 3 rings (SSSR count). The van der Waals surface area contributed by atoms with E-state index in [-0.39, 0.29) is 17.2 Å². The molecule has 0 aliphatic carbocycles. The molecule has 0 atom stereocenters. The zero-order valence-electron chi connectivity index (χ0n) is 12.6. The average molecular weight is 325 g/mol. The van der Waals surface area contributed by atoms with Crippen molar-refractivity contribution in [2.75, 3.05) is 6.54 Å². The zero-order chi connectivity index (χ0) is 16.6. The van der Waals surface area contributed by atoms with E-state index in [1.807, 2.05) is 42.1 Å². The molecule has 23 heavy (non-hydrogen) atoms. The fourth-order valence-electron chi connectivity index (χ4n) is 2.63. The Labute approximate surface area is 138 Å². The predicted octanol–water partition coefficient (Wildman–Crippen LogP) is 1.99. The van der Waals surface area contributed by atoms with E-state index in [4.69, 9.17) is 12.2 Å². The highest BCUT2D eigenvalue weighted by Gasteiger charge is 2.32. The van der Waals surface area contributed by atoms with E-state index in [1.54, 1.807) is 12.2 Å². The van der Waals surface area contributed by atoms with Crippen LogP contribution in [0.25, 0.3) is 17.0 Å². The third-order valence-electron chi connectivity index (χ3n) is 3.73. The summed E-state index contributed by atoms with van der Waals surface area (Å²) in [5.41, 5.74) is 1.91. The smallest absolute Gasteiger partial charge is 0.265 e. The summed E-state index contributed by atoms with van der Waals surface area (Å²) in [6.45, 7) is 3.86. The van der Waals surface area contributed by atoms with Crippen molar-refractivity contribution in [1.82, 2.24) is 14.8 Å². The van der Waals surface area contributed by atoms with E-state index in [0.29, 0.717) is 0 Å². The molecule has 0 bridgehead atoms. The molecule has 6 heteroatoms. The zero-order valence-corrected chi connectivity index (χ0v) is 13.4. The number of benzene rings is 1. The first-order chi connectivity index (χ1) is 11.0. The highest BCUT2D eigenvalue weighted by molar-refractivity contribution is 7.80. The maximum absolute atomic E-state index is 12.5. The standard InChI is InChI=1S/C17H15N3O2S/c1-3-8-20-16(22)13(15(21)18-17(20)23)9-11-10-19(2)14-7-5-4-6-12(11)14/h3-7,9-10H,1,8H2,2H3,(H,18,21,23)/b13-9+. The fourth-order valence-corrected chi connectivity index (χ4v) is 2.88. The van der Waals surface area contributed by atoms with Gasteiger partial charge in [0.15, 0.2) is 5.11 Å². The number of carbonyl (C=O) groups is 2. The normalized spacial score (nSPS) is 17.0. The Morgan fingerprint density at radius 2 is 2.04 bits per heavy atom. The summed E-state index contributed by atoms with van der Waals surface area (Å²) >= 11 is 5.04. The summed E-state index contributed by atoms with van der Waals surface area (Å²) in [5.74, 6) is -0.889. The Kier molecular flexibility index (Phi) is 3.83. The highest BCUT2D eigenvalue weighted by Crippen LogP contribution is 2.24. The first kappa shape index (κ1) is 15.2. The van der Waals surface area contributed by atoms with Gasteiger partial charge >= 0.3 is 0 Å². The number of hydrogen-bond acceptors (Lipinski definition) is 3. The molecule has 2 heterocycles. The lowest BCUT2D eigenvalue weighted by molar-refractivity contribution is -0.128. The average Bonchev–Trinajstić information content (AvgIpc) is 2.85. The Hall–Kier alpha value is -2.73. The summed E-state index contributed by atoms with van der Waals surface area (Å²) < 4.78 is 1.96. The molecule has 1 aliphatic rings. The van der Waals surface area contributed by atoms with Gasteiger partial charge in [0, 0.05) is 36.3 Å². The van der Waals surface area contributed by atoms with E-state index in [9.17, 15) is 9.59 Å². The molecule has 1 aromatic carbocycles. The number of para-hydroxylation sites is 1. The Bertz CT molecular complexity index is 879. The number of carbonyl (C=O) groups excluding carboxylic acids is 2. The first-order valence-electron chi connectivity index (χ1n) is 7.06. The SMILES string of the molecule is C=CCN1C(=O)/C(=C/c2cn(C)c3ccccc23)C(=O)NC1=S. The fraction of sp³-hybridized carbons (Fsp3) is 0.118. The van der Waals surface area contributed by atoms with Gasteiger partial charge in [-0.15, -0.1) is 6.58 Å². The van der Waals surface area contributed by atoms with Crippen LogP contribution in [0.4, 0.5) is 0 Å². The summed E-state index contributed by atoms with van der Waals surface area (Å²) in [4.78, 5) is 26.0. The van der Waals surface area contributed by atoms with Gasteiger partial charge in [0.05, 0.1) is 0 Å². The quantitative estimate of drug-likeness (QED) is 0.406. The molecule has 116 valence electrons. The lowest BCUT2D eigenvalue weighted by Gasteiger charge is -2.27. The van der Waals surface area contributed by atoms with Crippen molar-refractivity contribution in [2.24, 2.45) is 7.05 Å². The van der Waals surface area contributed by atoms with Crippen LogP contribution >= 0.6 is 12.2 Å². The van der Waals surface area contributed by atoms with Crippen molar-refractivity contribution < 1.29 is 9.59 Å². The molecule has 0 radical (unpaired) electrons. The van der Waals surface area contributed by atoms with Crippen molar-refractivity contribution in [3.05, 3.63) is 54.3 Å². The van der Waals surface area contributed by atoms with Crippen molar-refractivity contribution in [3.63, 3.8) is 0 Å². The number of aromatic nitrogens is 1. The van der Waals surface area contributed by atoms with Gasteiger partial charge in [0.25, 0.3) is 11.8 Å². The lowest BCUT2D eigenvalue weighted by atomic mass is 10.1. The van der Waals surface area contributed by atoms with Crippen LogP contribution < -0.4 is 5.32 Å². The minimum Gasteiger partial charge on any atom is -0.350 e. The minimum atomic E-state index is -0.478. The second-order valence-electron chi connectivity index (χ2n) is 5.23. The van der Waals surface area contributed by atoms with Gasteiger partial charge in [0.2, 0.25) is 0 Å². The molecular formula is C17H15N3O2S. The Morgan fingerprint density at radius 1 is 1.30 bits per heavy atom. The van der Waals surface area contributed by atoms with Crippen molar-refractivity contribution in [3.8, 4) is 0 Å². The number of fused-ring (bicyclic) bond motifs is 1. The minimum absolute atomic E-state index is 0.0665. The molecule has 1 fully saturated rings. The highest BCUT2D eigenvalue weighted by atomic mass is 32.1. The largest absolute Gasteiger partial charge is 0.350 e. The van der Waals surface area contributed by atoms with Gasteiger partial charge < -0.3 is 4.57 Å². The molecule has 5 nitrogen and oxygen atoms in total.